The van der Waals surface area contributed by atoms with Crippen LogP contribution in [0.5, 0.6) is 0 Å². The average molecular weight is 211 g/mol. The number of fused-ring (bicyclic) bond motifs is 1. The van der Waals surface area contributed by atoms with Crippen molar-refractivity contribution in [1.82, 2.24) is 4.98 Å². The van der Waals surface area contributed by atoms with Gasteiger partial charge in [0, 0.05) is 18.6 Å². The molecule has 0 fully saturated rings. The molecule has 1 aromatic heterocycles. The third-order valence-corrected chi connectivity index (χ3v) is 2.80. The summed E-state index contributed by atoms with van der Waals surface area (Å²) in [6.07, 6.45) is 1.63. The number of benzene rings is 1. The highest BCUT2D eigenvalue weighted by molar-refractivity contribution is 5.97. The second kappa shape index (κ2) is 3.82. The number of nitriles is 1. The highest BCUT2D eigenvalue weighted by Gasteiger charge is 2.10. The Balaban J connectivity index is 2.98. The number of hydrogen-bond donors (Lipinski definition) is 1. The Bertz CT molecular complexity index is 594. The van der Waals surface area contributed by atoms with Gasteiger partial charge in [-0.3, -0.25) is 4.98 Å². The van der Waals surface area contributed by atoms with Crippen molar-refractivity contribution in [2.24, 2.45) is 0 Å². The molecule has 3 nitrogen and oxygen atoms in total. The summed E-state index contributed by atoms with van der Waals surface area (Å²) in [5.41, 5.74) is 4.68. The Morgan fingerprint density at radius 1 is 1.25 bits per heavy atom. The van der Waals surface area contributed by atoms with Gasteiger partial charge >= 0.3 is 0 Å². The van der Waals surface area contributed by atoms with Crippen molar-refractivity contribution in [3.05, 3.63) is 35.0 Å². The number of hydrogen-bond acceptors (Lipinski definition) is 3. The minimum absolute atomic E-state index is 0.587. The van der Waals surface area contributed by atoms with Crippen LogP contribution >= 0.6 is 0 Å². The lowest BCUT2D eigenvalue weighted by molar-refractivity contribution is 1.31. The summed E-state index contributed by atoms with van der Waals surface area (Å²) in [7, 11) is 1.83. The predicted octanol–water partition coefficient (Wildman–Crippen LogP) is 2.77. The van der Waals surface area contributed by atoms with E-state index >= 15 is 0 Å². The number of aromatic nitrogens is 1. The maximum Gasteiger partial charge on any atom is 0.103 e. The van der Waals surface area contributed by atoms with E-state index in [1.54, 1.807) is 6.20 Å². The van der Waals surface area contributed by atoms with Gasteiger partial charge in [0.1, 0.15) is 6.07 Å². The molecule has 1 heterocycles. The van der Waals surface area contributed by atoms with Crippen LogP contribution in [0.1, 0.15) is 16.7 Å². The first kappa shape index (κ1) is 10.4. The van der Waals surface area contributed by atoms with Crippen LogP contribution < -0.4 is 5.32 Å². The van der Waals surface area contributed by atoms with E-state index in [1.165, 1.54) is 0 Å². The highest BCUT2D eigenvalue weighted by atomic mass is 14.8. The Kier molecular flexibility index (Phi) is 2.49. The number of rotatable bonds is 1. The molecule has 0 radical (unpaired) electrons. The van der Waals surface area contributed by atoms with E-state index in [-0.39, 0.29) is 0 Å². The lowest BCUT2D eigenvalue weighted by atomic mass is 10.0. The maximum absolute atomic E-state index is 9.04. The summed E-state index contributed by atoms with van der Waals surface area (Å²) >= 11 is 0. The zero-order chi connectivity index (χ0) is 11.7. The Morgan fingerprint density at radius 2 is 1.94 bits per heavy atom. The number of nitrogens with zero attached hydrogens (tertiary/aromatic N) is 2. The molecular formula is C13H13N3. The van der Waals surface area contributed by atoms with Crippen LogP contribution in [0.2, 0.25) is 0 Å². The largest absolute Gasteiger partial charge is 0.386 e. The Hall–Kier alpha value is -2.08. The van der Waals surface area contributed by atoms with Gasteiger partial charge in [-0.2, -0.15) is 5.26 Å². The quantitative estimate of drug-likeness (QED) is 0.789. The normalized spacial score (nSPS) is 10.1. The van der Waals surface area contributed by atoms with E-state index in [1.807, 2.05) is 20.9 Å². The second-order valence-corrected chi connectivity index (χ2v) is 3.83. The number of pyridine rings is 1. The van der Waals surface area contributed by atoms with Crippen LogP contribution in [-0.4, -0.2) is 12.0 Å². The third-order valence-electron chi connectivity index (χ3n) is 2.80. The molecule has 2 aromatic rings. The molecule has 0 aliphatic carbocycles. The van der Waals surface area contributed by atoms with Crippen molar-refractivity contribution in [2.75, 3.05) is 12.4 Å². The molecule has 0 spiro atoms. The van der Waals surface area contributed by atoms with Gasteiger partial charge in [-0.1, -0.05) is 12.1 Å². The van der Waals surface area contributed by atoms with Crippen LogP contribution in [-0.2, 0) is 0 Å². The van der Waals surface area contributed by atoms with Crippen molar-refractivity contribution < 1.29 is 0 Å². The van der Waals surface area contributed by atoms with Gasteiger partial charge in [0.2, 0.25) is 0 Å². The van der Waals surface area contributed by atoms with Crippen molar-refractivity contribution in [1.29, 1.82) is 5.26 Å². The van der Waals surface area contributed by atoms with Gasteiger partial charge in [-0.05, 0) is 25.0 Å². The molecule has 1 aromatic carbocycles. The summed E-state index contributed by atoms with van der Waals surface area (Å²) in [4.78, 5) is 4.36. The van der Waals surface area contributed by atoms with Crippen molar-refractivity contribution in [2.45, 2.75) is 13.8 Å². The minimum Gasteiger partial charge on any atom is -0.386 e. The Morgan fingerprint density at radius 3 is 2.56 bits per heavy atom. The summed E-state index contributed by atoms with van der Waals surface area (Å²) in [6.45, 7) is 4.06. The molecule has 3 heteroatoms. The molecule has 80 valence electrons. The molecule has 2 rings (SSSR count). The van der Waals surface area contributed by atoms with Gasteiger partial charge in [0.25, 0.3) is 0 Å². The average Bonchev–Trinajstić information content (AvgIpc) is 2.32. The van der Waals surface area contributed by atoms with Crippen LogP contribution in [0.25, 0.3) is 10.9 Å². The smallest absolute Gasteiger partial charge is 0.103 e. The molecule has 0 amide bonds. The standard InChI is InChI=1S/C13H13N3/c1-8-4-5-9(2)12-11(8)13(15-3)10(6-14)7-16-12/h4-5,7H,1-3H3,(H,15,16). The van der Waals surface area contributed by atoms with Crippen LogP contribution in [0.3, 0.4) is 0 Å². The molecule has 0 saturated heterocycles. The summed E-state index contributed by atoms with van der Waals surface area (Å²) in [5, 5.41) is 13.2. The first-order chi connectivity index (χ1) is 7.69. The van der Waals surface area contributed by atoms with Crippen LogP contribution in [0, 0.1) is 25.2 Å². The minimum atomic E-state index is 0.587. The fourth-order valence-corrected chi connectivity index (χ4v) is 1.95. The first-order valence-corrected chi connectivity index (χ1v) is 5.15. The monoisotopic (exact) mass is 211 g/mol. The van der Waals surface area contributed by atoms with E-state index in [4.69, 9.17) is 5.26 Å². The summed E-state index contributed by atoms with van der Waals surface area (Å²) < 4.78 is 0. The van der Waals surface area contributed by atoms with Crippen LogP contribution in [0.4, 0.5) is 5.69 Å². The first-order valence-electron chi connectivity index (χ1n) is 5.15. The lowest BCUT2D eigenvalue weighted by Crippen LogP contribution is -1.98. The number of nitrogens with one attached hydrogen (secondary N) is 1. The predicted molar refractivity (Wildman–Crippen MR) is 65.5 cm³/mol. The molecule has 0 unspecified atom stereocenters. The van der Waals surface area contributed by atoms with Gasteiger partial charge in [0.15, 0.2) is 0 Å². The molecule has 1 N–H and O–H groups in total. The summed E-state index contributed by atoms with van der Waals surface area (Å²) in [6, 6.07) is 6.27. The van der Waals surface area contributed by atoms with Gasteiger partial charge < -0.3 is 5.32 Å². The van der Waals surface area contributed by atoms with E-state index in [0.29, 0.717) is 5.56 Å². The van der Waals surface area contributed by atoms with E-state index in [9.17, 15) is 0 Å². The molecule has 0 aliphatic rings. The third kappa shape index (κ3) is 1.40. The topological polar surface area (TPSA) is 48.7 Å². The fourth-order valence-electron chi connectivity index (χ4n) is 1.95. The molecule has 0 saturated carbocycles. The SMILES string of the molecule is CNc1c(C#N)cnc2c(C)ccc(C)c12. The van der Waals surface area contributed by atoms with Gasteiger partial charge in [0.05, 0.1) is 16.8 Å². The van der Waals surface area contributed by atoms with Gasteiger partial charge in [-0.15, -0.1) is 0 Å². The number of anilines is 1. The van der Waals surface area contributed by atoms with Crippen LogP contribution in [0.15, 0.2) is 18.3 Å². The Labute approximate surface area is 94.7 Å². The molecule has 0 bridgehead atoms. The van der Waals surface area contributed by atoms with E-state index < -0.39 is 0 Å². The van der Waals surface area contributed by atoms with E-state index in [0.717, 1.165) is 27.7 Å². The molecule has 16 heavy (non-hydrogen) atoms. The molecular weight excluding hydrogens is 198 g/mol. The number of aryl methyl sites for hydroxylation is 2. The van der Waals surface area contributed by atoms with Gasteiger partial charge in [-0.25, -0.2) is 0 Å². The second-order valence-electron chi connectivity index (χ2n) is 3.83. The fraction of sp³-hybridized carbons (Fsp3) is 0.231. The van der Waals surface area contributed by atoms with Crippen molar-refractivity contribution in [3.63, 3.8) is 0 Å². The maximum atomic E-state index is 9.04. The van der Waals surface area contributed by atoms with Crippen molar-refractivity contribution >= 4 is 16.6 Å². The summed E-state index contributed by atoms with van der Waals surface area (Å²) in [5.74, 6) is 0. The molecule has 0 aliphatic heterocycles. The van der Waals surface area contributed by atoms with E-state index in [2.05, 4.69) is 28.5 Å². The zero-order valence-electron chi connectivity index (χ0n) is 9.63. The van der Waals surface area contributed by atoms with Crippen molar-refractivity contribution in [3.8, 4) is 6.07 Å². The highest BCUT2D eigenvalue weighted by Crippen LogP contribution is 2.29. The molecule has 0 atom stereocenters. The lowest BCUT2D eigenvalue weighted by Gasteiger charge is -2.11. The zero-order valence-corrected chi connectivity index (χ0v) is 9.63.